The van der Waals surface area contributed by atoms with E-state index in [9.17, 15) is 14.4 Å². The van der Waals surface area contributed by atoms with Crippen LogP contribution in [0.2, 0.25) is 5.02 Å². The molecule has 5 aromatic carbocycles. The summed E-state index contributed by atoms with van der Waals surface area (Å²) in [6.07, 6.45) is 1.56. The van der Waals surface area contributed by atoms with Crippen LogP contribution in [0.5, 0.6) is 17.2 Å². The Morgan fingerprint density at radius 1 is 0.725 bits per heavy atom. The maximum Gasteiger partial charge on any atom is 0.272 e. The molecular weight excluding hydrogens is 686 g/mol. The fraction of sp³-hybridized carbons (Fsp3) is 0.125. The quantitative estimate of drug-likeness (QED) is 0.0825. The summed E-state index contributed by atoms with van der Waals surface area (Å²) in [5.41, 5.74) is 3.62. The molecule has 0 aliphatic rings. The van der Waals surface area contributed by atoms with Crippen LogP contribution in [0.4, 0.5) is 11.4 Å². The molecule has 0 heterocycles. The Kier molecular flexibility index (Phi) is 12.4. The highest BCUT2D eigenvalue weighted by Gasteiger charge is 2.24. The molecule has 1 unspecified atom stereocenters. The number of carbonyl (C=O) groups excluding carboxylic acids is 3. The molecule has 0 aromatic heterocycles. The van der Waals surface area contributed by atoms with Gasteiger partial charge in [0.1, 0.15) is 16.7 Å². The lowest BCUT2D eigenvalue weighted by Crippen LogP contribution is -2.30. The zero-order chi connectivity index (χ0) is 36.3. The molecule has 0 spiro atoms. The highest BCUT2D eigenvalue weighted by atomic mass is 35.5. The maximum absolute atomic E-state index is 13.8. The lowest BCUT2D eigenvalue weighted by molar-refractivity contribution is -0.116. The minimum Gasteiger partial charge on any atom is -0.495 e. The van der Waals surface area contributed by atoms with Gasteiger partial charge in [0.05, 0.1) is 27.0 Å². The van der Waals surface area contributed by atoms with Crippen LogP contribution < -0.4 is 30.2 Å². The van der Waals surface area contributed by atoms with Gasteiger partial charge in [-0.05, 0) is 84.3 Å². The molecule has 1 atom stereocenters. The van der Waals surface area contributed by atoms with Crippen LogP contribution in [0.25, 0.3) is 6.08 Å². The van der Waals surface area contributed by atoms with E-state index in [1.807, 2.05) is 49.4 Å². The first kappa shape index (κ1) is 36.6. The Morgan fingerprint density at radius 2 is 1.37 bits per heavy atom. The third-order valence-corrected chi connectivity index (χ3v) is 9.37. The van der Waals surface area contributed by atoms with Gasteiger partial charge in [0.2, 0.25) is 5.91 Å². The summed E-state index contributed by atoms with van der Waals surface area (Å²) in [6.45, 7) is 1.85. The van der Waals surface area contributed by atoms with Crippen LogP contribution in [-0.4, -0.2) is 39.1 Å². The molecule has 260 valence electrons. The lowest BCUT2D eigenvalue weighted by Gasteiger charge is -2.19. The van der Waals surface area contributed by atoms with Crippen LogP contribution >= 0.6 is 23.4 Å². The van der Waals surface area contributed by atoms with Crippen LogP contribution in [0.15, 0.2) is 126 Å². The summed E-state index contributed by atoms with van der Waals surface area (Å²) < 4.78 is 16.2. The molecule has 0 bridgehead atoms. The van der Waals surface area contributed by atoms with Crippen LogP contribution in [0.1, 0.15) is 32.3 Å². The summed E-state index contributed by atoms with van der Waals surface area (Å²) in [7, 11) is 4.57. The highest BCUT2D eigenvalue weighted by Crippen LogP contribution is 2.38. The number of ether oxygens (including phenoxy) is 3. The molecule has 0 saturated heterocycles. The minimum atomic E-state index is -0.614. The van der Waals surface area contributed by atoms with Gasteiger partial charge in [-0.2, -0.15) is 0 Å². The number of amides is 3. The van der Waals surface area contributed by atoms with E-state index in [0.29, 0.717) is 44.8 Å². The first-order chi connectivity index (χ1) is 24.7. The molecule has 3 N–H and O–H groups in total. The fourth-order valence-electron chi connectivity index (χ4n) is 5.03. The summed E-state index contributed by atoms with van der Waals surface area (Å²) in [5, 5.41) is 8.54. The molecular formula is C40H36ClN3O6S. The molecule has 51 heavy (non-hydrogen) atoms. The second-order valence-corrected chi connectivity index (χ2v) is 12.8. The predicted molar refractivity (Wildman–Crippen MR) is 203 cm³/mol. The number of carbonyl (C=O) groups is 3. The summed E-state index contributed by atoms with van der Waals surface area (Å²) in [5.74, 6) is 0.222. The van der Waals surface area contributed by atoms with Gasteiger partial charge in [-0.15, -0.1) is 11.8 Å². The molecule has 0 fully saturated rings. The van der Waals surface area contributed by atoms with Crippen LogP contribution in [0, 0.1) is 6.92 Å². The number of aryl methyl sites for hydroxylation is 1. The molecule has 5 rings (SSSR count). The third kappa shape index (κ3) is 9.50. The fourth-order valence-corrected chi connectivity index (χ4v) is 6.21. The van der Waals surface area contributed by atoms with Crippen molar-refractivity contribution in [3.63, 3.8) is 0 Å². The zero-order valence-corrected chi connectivity index (χ0v) is 29.9. The van der Waals surface area contributed by atoms with Crippen molar-refractivity contribution in [3.05, 3.63) is 148 Å². The minimum absolute atomic E-state index is 0.0169. The van der Waals surface area contributed by atoms with Crippen LogP contribution in [-0.2, 0) is 9.59 Å². The van der Waals surface area contributed by atoms with Gasteiger partial charge in [-0.3, -0.25) is 14.4 Å². The number of hydrogen-bond donors (Lipinski definition) is 3. The summed E-state index contributed by atoms with van der Waals surface area (Å²) in [4.78, 5) is 41.3. The van der Waals surface area contributed by atoms with Gasteiger partial charge in [0, 0.05) is 27.2 Å². The van der Waals surface area contributed by atoms with E-state index in [-0.39, 0.29) is 11.6 Å². The maximum atomic E-state index is 13.8. The summed E-state index contributed by atoms with van der Waals surface area (Å²) >= 11 is 7.64. The van der Waals surface area contributed by atoms with E-state index in [0.717, 1.165) is 16.0 Å². The van der Waals surface area contributed by atoms with E-state index in [1.54, 1.807) is 78.9 Å². The van der Waals surface area contributed by atoms with Gasteiger partial charge in [0.15, 0.2) is 11.5 Å². The topological polar surface area (TPSA) is 115 Å². The Balaban J connectivity index is 1.36. The van der Waals surface area contributed by atoms with Gasteiger partial charge in [-0.25, -0.2) is 0 Å². The van der Waals surface area contributed by atoms with Gasteiger partial charge < -0.3 is 30.2 Å². The normalized spacial score (nSPS) is 11.6. The third-order valence-electron chi connectivity index (χ3n) is 7.69. The number of anilines is 2. The first-order valence-corrected chi connectivity index (χ1v) is 17.0. The number of methoxy groups -OCH3 is 3. The number of rotatable bonds is 13. The molecule has 11 heteroatoms. The average Bonchev–Trinajstić information content (AvgIpc) is 3.16. The van der Waals surface area contributed by atoms with Crippen molar-refractivity contribution in [3.8, 4) is 17.2 Å². The molecule has 9 nitrogen and oxygen atoms in total. The predicted octanol–water partition coefficient (Wildman–Crippen LogP) is 8.56. The lowest BCUT2D eigenvalue weighted by atomic mass is 10.1. The van der Waals surface area contributed by atoms with Crippen molar-refractivity contribution in [2.24, 2.45) is 0 Å². The molecule has 0 radical (unpaired) electrons. The number of hydrogen-bond acceptors (Lipinski definition) is 7. The molecule has 3 amide bonds. The van der Waals surface area contributed by atoms with Gasteiger partial charge in [-0.1, -0.05) is 66.2 Å². The van der Waals surface area contributed by atoms with Crippen molar-refractivity contribution in [1.82, 2.24) is 5.32 Å². The second-order valence-electron chi connectivity index (χ2n) is 11.2. The van der Waals surface area contributed by atoms with Crippen molar-refractivity contribution in [2.45, 2.75) is 17.1 Å². The van der Waals surface area contributed by atoms with Gasteiger partial charge >= 0.3 is 0 Å². The number of nitrogens with one attached hydrogen (secondary N) is 3. The van der Waals surface area contributed by atoms with Crippen molar-refractivity contribution >= 4 is 58.5 Å². The molecule has 0 aliphatic heterocycles. The van der Waals surface area contributed by atoms with Gasteiger partial charge in [0.25, 0.3) is 11.8 Å². The average molecular weight is 722 g/mol. The second kappa shape index (κ2) is 17.3. The van der Waals surface area contributed by atoms with Crippen molar-refractivity contribution in [2.75, 3.05) is 32.0 Å². The smallest absolute Gasteiger partial charge is 0.272 e. The number of halogens is 1. The van der Waals surface area contributed by atoms with Crippen molar-refractivity contribution in [1.29, 1.82) is 0 Å². The Labute approximate surface area is 306 Å². The van der Waals surface area contributed by atoms with E-state index >= 15 is 0 Å². The number of benzene rings is 5. The molecule has 0 aliphatic carbocycles. The molecule has 5 aromatic rings. The van der Waals surface area contributed by atoms with E-state index in [1.165, 1.54) is 33.1 Å². The highest BCUT2D eigenvalue weighted by molar-refractivity contribution is 8.00. The Bertz CT molecular complexity index is 2040. The SMILES string of the molecule is COc1cc(Cl)c(C)cc1NC(=O)C(Sc1ccc(NC(=O)/C(=C/c2ccc(OC)c(OC)c2)NC(=O)c2ccccc2)cc1)c1ccccc1. The summed E-state index contributed by atoms with van der Waals surface area (Å²) in [6, 6.07) is 33.8. The first-order valence-electron chi connectivity index (χ1n) is 15.8. The van der Waals surface area contributed by atoms with E-state index < -0.39 is 17.1 Å². The van der Waals surface area contributed by atoms with E-state index in [4.69, 9.17) is 25.8 Å². The van der Waals surface area contributed by atoms with Crippen LogP contribution in [0.3, 0.4) is 0 Å². The van der Waals surface area contributed by atoms with Crippen molar-refractivity contribution < 1.29 is 28.6 Å². The van der Waals surface area contributed by atoms with E-state index in [2.05, 4.69) is 16.0 Å². The Hall–Kier alpha value is -5.71. The largest absolute Gasteiger partial charge is 0.495 e. The standard InChI is InChI=1S/C40H36ClN3O6S/c1-25-21-32(35(49-3)24-31(25)41)43-40(47)37(27-11-7-5-8-12-27)51-30-18-16-29(17-19-30)42-39(46)33(44-38(45)28-13-9-6-10-14-28)22-26-15-20-34(48-2)36(23-26)50-4/h5-24,37H,1-4H3,(H,42,46)(H,43,47)(H,44,45)/b33-22-. The number of thioether (sulfide) groups is 1. The molecule has 0 saturated carbocycles. The Morgan fingerprint density at radius 3 is 2.02 bits per heavy atom. The zero-order valence-electron chi connectivity index (χ0n) is 28.4. The monoisotopic (exact) mass is 721 g/mol.